The second kappa shape index (κ2) is 6.45. The van der Waals surface area contributed by atoms with Gasteiger partial charge < -0.3 is 11.1 Å². The Balaban J connectivity index is 0.00000225. The van der Waals surface area contributed by atoms with Crippen LogP contribution in [0.3, 0.4) is 0 Å². The molecule has 0 heterocycles. The predicted molar refractivity (Wildman–Crippen MR) is 69.7 cm³/mol. The Morgan fingerprint density at radius 1 is 1.56 bits per heavy atom. The number of hydrogen-bond donors (Lipinski definition) is 2. The molecule has 96 valence electrons. The van der Waals surface area contributed by atoms with Crippen molar-refractivity contribution in [2.24, 2.45) is 11.1 Å². The average Bonchev–Trinajstić information content (AvgIpc) is 2.46. The Hall–Kier alpha value is -0.280. The first-order valence-electron chi connectivity index (χ1n) is 6.03. The van der Waals surface area contributed by atoms with Crippen LogP contribution in [0.1, 0.15) is 52.9 Å². The quantitative estimate of drug-likeness (QED) is 0.802. The highest BCUT2D eigenvalue weighted by Crippen LogP contribution is 2.37. The second-order valence-electron chi connectivity index (χ2n) is 5.34. The first kappa shape index (κ1) is 15.7. The van der Waals surface area contributed by atoms with Gasteiger partial charge in [-0.15, -0.1) is 12.4 Å². The summed E-state index contributed by atoms with van der Waals surface area (Å²) in [7, 11) is 0. The van der Waals surface area contributed by atoms with E-state index in [9.17, 15) is 4.79 Å². The lowest BCUT2D eigenvalue weighted by molar-refractivity contribution is -0.123. The molecule has 2 unspecified atom stereocenters. The van der Waals surface area contributed by atoms with E-state index in [0.29, 0.717) is 6.04 Å². The summed E-state index contributed by atoms with van der Waals surface area (Å²) in [6.45, 7) is 6.49. The number of amides is 1. The van der Waals surface area contributed by atoms with Gasteiger partial charge in [0.1, 0.15) is 0 Å². The van der Waals surface area contributed by atoms with Crippen molar-refractivity contribution in [1.82, 2.24) is 5.32 Å². The van der Waals surface area contributed by atoms with Gasteiger partial charge in [-0.3, -0.25) is 4.79 Å². The number of carbonyl (C=O) groups is 1. The largest absolute Gasteiger partial charge is 0.351 e. The molecular weight excluding hydrogens is 224 g/mol. The van der Waals surface area contributed by atoms with Crippen molar-refractivity contribution in [2.75, 3.05) is 0 Å². The maximum absolute atomic E-state index is 11.7. The highest BCUT2D eigenvalue weighted by atomic mass is 35.5. The SMILES string of the molecule is CCCC(N)C(=O)NC1CCCC1(C)C.Cl. The van der Waals surface area contributed by atoms with Gasteiger partial charge in [0, 0.05) is 6.04 Å². The summed E-state index contributed by atoms with van der Waals surface area (Å²) in [6.07, 6.45) is 5.24. The van der Waals surface area contributed by atoms with Gasteiger partial charge in [0.25, 0.3) is 0 Å². The molecule has 1 fully saturated rings. The van der Waals surface area contributed by atoms with Crippen molar-refractivity contribution < 1.29 is 4.79 Å². The number of rotatable bonds is 4. The normalized spacial score (nSPS) is 24.6. The third-order valence-electron chi connectivity index (χ3n) is 3.51. The first-order valence-corrected chi connectivity index (χ1v) is 6.03. The summed E-state index contributed by atoms with van der Waals surface area (Å²) in [5.74, 6) is 0.0248. The smallest absolute Gasteiger partial charge is 0.237 e. The third kappa shape index (κ3) is 3.95. The molecule has 3 nitrogen and oxygen atoms in total. The lowest BCUT2D eigenvalue weighted by Gasteiger charge is -2.28. The summed E-state index contributed by atoms with van der Waals surface area (Å²) in [5, 5.41) is 3.09. The van der Waals surface area contributed by atoms with E-state index in [1.54, 1.807) is 0 Å². The van der Waals surface area contributed by atoms with Gasteiger partial charge in [-0.05, 0) is 24.7 Å². The van der Waals surface area contributed by atoms with E-state index in [4.69, 9.17) is 5.73 Å². The molecule has 0 aromatic heterocycles. The molecule has 1 rings (SSSR count). The van der Waals surface area contributed by atoms with Crippen molar-refractivity contribution in [3.63, 3.8) is 0 Å². The van der Waals surface area contributed by atoms with Crippen LogP contribution in [0, 0.1) is 5.41 Å². The lowest BCUT2D eigenvalue weighted by atomic mass is 9.87. The standard InChI is InChI=1S/C12H24N2O.ClH/c1-4-6-9(13)11(15)14-10-7-5-8-12(10,2)3;/h9-10H,4-8,13H2,1-3H3,(H,14,15);1H. The third-order valence-corrected chi connectivity index (χ3v) is 3.51. The van der Waals surface area contributed by atoms with Crippen molar-refractivity contribution in [1.29, 1.82) is 0 Å². The van der Waals surface area contributed by atoms with E-state index in [2.05, 4.69) is 19.2 Å². The van der Waals surface area contributed by atoms with Crippen molar-refractivity contribution >= 4 is 18.3 Å². The van der Waals surface area contributed by atoms with Crippen LogP contribution >= 0.6 is 12.4 Å². The Kier molecular flexibility index (Phi) is 6.34. The molecule has 0 aliphatic heterocycles. The molecule has 16 heavy (non-hydrogen) atoms. The van der Waals surface area contributed by atoms with Gasteiger partial charge in [-0.2, -0.15) is 0 Å². The van der Waals surface area contributed by atoms with Gasteiger partial charge in [-0.1, -0.05) is 33.6 Å². The molecule has 0 spiro atoms. The second-order valence-corrected chi connectivity index (χ2v) is 5.34. The molecular formula is C12H25ClN2O. The number of nitrogens with one attached hydrogen (secondary N) is 1. The number of nitrogens with two attached hydrogens (primary N) is 1. The van der Waals surface area contributed by atoms with Crippen molar-refractivity contribution in [3.05, 3.63) is 0 Å². The average molecular weight is 249 g/mol. The molecule has 3 N–H and O–H groups in total. The van der Waals surface area contributed by atoms with Crippen LogP contribution in [0.5, 0.6) is 0 Å². The van der Waals surface area contributed by atoms with Crippen molar-refractivity contribution in [2.45, 2.75) is 65.0 Å². The van der Waals surface area contributed by atoms with E-state index in [-0.39, 0.29) is 29.8 Å². The highest BCUT2D eigenvalue weighted by molar-refractivity contribution is 5.85. The minimum atomic E-state index is -0.327. The summed E-state index contributed by atoms with van der Waals surface area (Å²) < 4.78 is 0. The molecule has 0 saturated heterocycles. The van der Waals surface area contributed by atoms with Crippen LogP contribution in [-0.2, 0) is 4.79 Å². The molecule has 0 aromatic carbocycles. The number of carbonyl (C=O) groups excluding carboxylic acids is 1. The maximum Gasteiger partial charge on any atom is 0.237 e. The van der Waals surface area contributed by atoms with Gasteiger partial charge in [0.2, 0.25) is 5.91 Å². The Bertz CT molecular complexity index is 231. The fraction of sp³-hybridized carbons (Fsp3) is 0.917. The van der Waals surface area contributed by atoms with E-state index in [1.165, 1.54) is 12.8 Å². The van der Waals surface area contributed by atoms with E-state index < -0.39 is 0 Å². The van der Waals surface area contributed by atoms with E-state index in [1.807, 2.05) is 6.92 Å². The van der Waals surface area contributed by atoms with Gasteiger partial charge in [0.15, 0.2) is 0 Å². The lowest BCUT2D eigenvalue weighted by Crippen LogP contribution is -2.48. The number of halogens is 1. The summed E-state index contributed by atoms with van der Waals surface area (Å²) in [6, 6.07) is -0.0145. The molecule has 1 aliphatic carbocycles. The topological polar surface area (TPSA) is 55.1 Å². The van der Waals surface area contributed by atoms with E-state index in [0.717, 1.165) is 19.3 Å². The van der Waals surface area contributed by atoms with Gasteiger partial charge in [0.05, 0.1) is 6.04 Å². The monoisotopic (exact) mass is 248 g/mol. The zero-order valence-electron chi connectivity index (χ0n) is 10.6. The van der Waals surface area contributed by atoms with Crippen LogP contribution in [-0.4, -0.2) is 18.0 Å². The van der Waals surface area contributed by atoms with Crippen LogP contribution in [0.15, 0.2) is 0 Å². The predicted octanol–water partition coefficient (Wildman–Crippen LogP) is 2.23. The molecule has 1 saturated carbocycles. The summed E-state index contributed by atoms with van der Waals surface area (Å²) in [5.41, 5.74) is 6.02. The van der Waals surface area contributed by atoms with Gasteiger partial charge in [-0.25, -0.2) is 0 Å². The Morgan fingerprint density at radius 2 is 2.19 bits per heavy atom. The molecule has 0 bridgehead atoms. The zero-order valence-corrected chi connectivity index (χ0v) is 11.4. The van der Waals surface area contributed by atoms with Gasteiger partial charge >= 0.3 is 0 Å². The maximum atomic E-state index is 11.7. The Labute approximate surface area is 105 Å². The van der Waals surface area contributed by atoms with Crippen LogP contribution < -0.4 is 11.1 Å². The summed E-state index contributed by atoms with van der Waals surface area (Å²) in [4.78, 5) is 11.7. The van der Waals surface area contributed by atoms with Crippen LogP contribution in [0.25, 0.3) is 0 Å². The van der Waals surface area contributed by atoms with Crippen LogP contribution in [0.2, 0.25) is 0 Å². The zero-order chi connectivity index (χ0) is 11.5. The molecule has 1 aliphatic rings. The van der Waals surface area contributed by atoms with Crippen LogP contribution in [0.4, 0.5) is 0 Å². The molecule has 4 heteroatoms. The van der Waals surface area contributed by atoms with E-state index >= 15 is 0 Å². The number of hydrogen-bond acceptors (Lipinski definition) is 2. The minimum Gasteiger partial charge on any atom is -0.351 e. The fourth-order valence-electron chi connectivity index (χ4n) is 2.32. The molecule has 0 aromatic rings. The Morgan fingerprint density at radius 3 is 2.62 bits per heavy atom. The summed E-state index contributed by atoms with van der Waals surface area (Å²) >= 11 is 0. The fourth-order valence-corrected chi connectivity index (χ4v) is 2.32. The van der Waals surface area contributed by atoms with Crippen molar-refractivity contribution in [3.8, 4) is 0 Å². The first-order chi connectivity index (χ1) is 6.97. The highest BCUT2D eigenvalue weighted by Gasteiger charge is 2.35. The molecule has 1 amide bonds. The molecule has 0 radical (unpaired) electrons. The molecule has 2 atom stereocenters. The minimum absolute atomic E-state index is 0.